The molecular formula is C25H35F3N2O4. The van der Waals surface area contributed by atoms with Crippen molar-refractivity contribution in [2.45, 2.75) is 76.5 Å². The Morgan fingerprint density at radius 3 is 2.76 bits per heavy atom. The number of benzene rings is 1. The van der Waals surface area contributed by atoms with Gasteiger partial charge in [-0.25, -0.2) is 0 Å². The zero-order chi connectivity index (χ0) is 24.7. The Bertz CT molecular complexity index is 893. The molecular weight excluding hydrogens is 449 g/mol. The normalized spacial score (nSPS) is 32.2. The molecule has 2 fully saturated rings. The molecule has 0 unspecified atom stereocenters. The van der Waals surface area contributed by atoms with Crippen molar-refractivity contribution in [1.82, 2.24) is 10.2 Å². The van der Waals surface area contributed by atoms with Crippen LogP contribution in [-0.2, 0) is 27.0 Å². The van der Waals surface area contributed by atoms with Crippen molar-refractivity contribution in [2.24, 2.45) is 11.3 Å². The van der Waals surface area contributed by atoms with Crippen molar-refractivity contribution < 1.29 is 32.5 Å². The third-order valence-electron chi connectivity index (χ3n) is 8.01. The van der Waals surface area contributed by atoms with Gasteiger partial charge in [0.15, 0.2) is 0 Å². The van der Waals surface area contributed by atoms with Crippen LogP contribution in [0.2, 0.25) is 0 Å². The molecule has 0 aromatic heterocycles. The number of rotatable bonds is 5. The van der Waals surface area contributed by atoms with Gasteiger partial charge in [0.25, 0.3) is 0 Å². The molecule has 34 heavy (non-hydrogen) atoms. The van der Waals surface area contributed by atoms with Gasteiger partial charge in [-0.3, -0.25) is 4.79 Å². The number of amides is 1. The molecule has 5 atom stereocenters. The number of nitrogens with one attached hydrogen (secondary N) is 1. The number of methoxy groups -OCH3 is 1. The maximum Gasteiger partial charge on any atom is 0.416 e. The predicted molar refractivity (Wildman–Crippen MR) is 120 cm³/mol. The second-order valence-corrected chi connectivity index (χ2v) is 10.3. The summed E-state index contributed by atoms with van der Waals surface area (Å²) in [6.45, 7) is 5.44. The fraction of sp³-hybridized carbons (Fsp3) is 0.720. The van der Waals surface area contributed by atoms with Crippen LogP contribution in [0.5, 0.6) is 0 Å². The quantitative estimate of drug-likeness (QED) is 0.668. The van der Waals surface area contributed by atoms with E-state index in [0.29, 0.717) is 37.2 Å². The molecule has 0 spiro atoms. The van der Waals surface area contributed by atoms with Gasteiger partial charge in [0, 0.05) is 32.3 Å². The highest BCUT2D eigenvalue weighted by Crippen LogP contribution is 2.47. The first-order chi connectivity index (χ1) is 16.0. The minimum Gasteiger partial charge on any atom is -0.387 e. The first-order valence-corrected chi connectivity index (χ1v) is 12.1. The summed E-state index contributed by atoms with van der Waals surface area (Å²) in [7, 11) is 1.67. The lowest BCUT2D eigenvalue weighted by molar-refractivity contribution is -0.148. The highest BCUT2D eigenvalue weighted by Gasteiger charge is 2.50. The van der Waals surface area contributed by atoms with Gasteiger partial charge >= 0.3 is 6.18 Å². The minimum atomic E-state index is -4.47. The van der Waals surface area contributed by atoms with E-state index in [1.165, 1.54) is 6.07 Å². The Morgan fingerprint density at radius 2 is 2.09 bits per heavy atom. The highest BCUT2D eigenvalue weighted by atomic mass is 19.4. The van der Waals surface area contributed by atoms with Crippen molar-refractivity contribution in [3.63, 3.8) is 0 Å². The van der Waals surface area contributed by atoms with E-state index in [4.69, 9.17) is 9.47 Å². The van der Waals surface area contributed by atoms with E-state index in [1.54, 1.807) is 12.0 Å². The van der Waals surface area contributed by atoms with Crippen molar-refractivity contribution >= 4 is 5.91 Å². The van der Waals surface area contributed by atoms with E-state index in [1.807, 2.05) is 13.8 Å². The van der Waals surface area contributed by atoms with E-state index in [9.17, 15) is 23.1 Å². The predicted octanol–water partition coefficient (Wildman–Crippen LogP) is 3.67. The molecule has 2 N–H and O–H groups in total. The lowest BCUT2D eigenvalue weighted by Crippen LogP contribution is -2.52. The summed E-state index contributed by atoms with van der Waals surface area (Å²) >= 11 is 0. The van der Waals surface area contributed by atoms with Crippen LogP contribution in [0, 0.1) is 11.3 Å². The Hall–Kier alpha value is -1.68. The fourth-order valence-electron chi connectivity index (χ4n) is 5.91. The van der Waals surface area contributed by atoms with Crippen LogP contribution < -0.4 is 5.32 Å². The maximum absolute atomic E-state index is 13.9. The molecule has 0 radical (unpaired) electrons. The molecule has 2 aliphatic heterocycles. The highest BCUT2D eigenvalue weighted by molar-refractivity contribution is 5.84. The number of carbonyl (C=O) groups excluding carboxylic acids is 1. The SMILES string of the molecule is CO[C@@H]1COCC[C@@H]1N[C@@H]1CC[C@@](C(=O)N2Cc3cc(C(F)(F)F)ccc3[C@@H](O)C2)(C(C)C)C1. The van der Waals surface area contributed by atoms with Crippen molar-refractivity contribution in [3.05, 3.63) is 34.9 Å². The number of hydrogen-bond donors (Lipinski definition) is 2. The van der Waals surface area contributed by atoms with E-state index in [0.717, 1.165) is 25.0 Å². The largest absolute Gasteiger partial charge is 0.416 e. The van der Waals surface area contributed by atoms with Gasteiger partial charge in [0.1, 0.15) is 0 Å². The van der Waals surface area contributed by atoms with Crippen LogP contribution in [-0.4, -0.2) is 61.0 Å². The third kappa shape index (κ3) is 4.85. The summed E-state index contributed by atoms with van der Waals surface area (Å²) in [5, 5.41) is 14.3. The molecule has 1 aromatic carbocycles. The molecule has 1 aromatic rings. The van der Waals surface area contributed by atoms with Crippen LogP contribution in [0.15, 0.2) is 18.2 Å². The lowest BCUT2D eigenvalue weighted by Gasteiger charge is -2.41. The number of β-amino-alcohol motifs (C(OH)–C–C–N with tert-alkyl or cyclic N) is 1. The van der Waals surface area contributed by atoms with E-state index >= 15 is 0 Å². The Morgan fingerprint density at radius 1 is 1.32 bits per heavy atom. The molecule has 1 saturated heterocycles. The molecule has 0 bridgehead atoms. The molecule has 190 valence electrons. The van der Waals surface area contributed by atoms with Gasteiger partial charge in [-0.1, -0.05) is 19.9 Å². The van der Waals surface area contributed by atoms with Crippen molar-refractivity contribution in [1.29, 1.82) is 0 Å². The Balaban J connectivity index is 1.51. The van der Waals surface area contributed by atoms with Gasteiger partial charge < -0.3 is 24.8 Å². The summed E-state index contributed by atoms with van der Waals surface area (Å²) in [5.74, 6) is -0.0241. The smallest absolute Gasteiger partial charge is 0.387 e. The van der Waals surface area contributed by atoms with Gasteiger partial charge in [0.2, 0.25) is 5.91 Å². The number of fused-ring (bicyclic) bond motifs is 1. The standard InChI is InChI=1S/C25H35F3N2O4/c1-15(2)24(8-6-18(11-24)29-20-7-9-34-14-22(20)33-3)23(32)30-12-16-10-17(25(26,27)28)4-5-19(16)21(31)13-30/h4-5,10,15,18,20-22,29,31H,6-9,11-14H2,1-3H3/t18-,20+,21+,22-,24+/m1/s1. The minimum absolute atomic E-state index is 0.0323. The molecule has 9 heteroatoms. The van der Waals surface area contributed by atoms with Gasteiger partial charge in [0.05, 0.1) is 36.3 Å². The molecule has 1 saturated carbocycles. The van der Waals surface area contributed by atoms with Crippen molar-refractivity contribution in [3.8, 4) is 0 Å². The number of aliphatic hydroxyl groups is 1. The average Bonchev–Trinajstić information content (AvgIpc) is 3.23. The molecule has 4 rings (SSSR count). The number of carbonyl (C=O) groups is 1. The number of aliphatic hydroxyl groups excluding tert-OH is 1. The second-order valence-electron chi connectivity index (χ2n) is 10.3. The fourth-order valence-corrected chi connectivity index (χ4v) is 5.91. The van der Waals surface area contributed by atoms with E-state index < -0.39 is 23.3 Å². The zero-order valence-corrected chi connectivity index (χ0v) is 20.0. The van der Waals surface area contributed by atoms with Crippen LogP contribution in [0.25, 0.3) is 0 Å². The van der Waals surface area contributed by atoms with Crippen molar-refractivity contribution in [2.75, 3.05) is 26.9 Å². The van der Waals surface area contributed by atoms with E-state index in [-0.39, 0.29) is 43.1 Å². The number of halogens is 3. The lowest BCUT2D eigenvalue weighted by atomic mass is 9.73. The Labute approximate surface area is 198 Å². The monoisotopic (exact) mass is 484 g/mol. The van der Waals surface area contributed by atoms with Crippen LogP contribution in [0.3, 0.4) is 0 Å². The van der Waals surface area contributed by atoms with E-state index in [2.05, 4.69) is 5.32 Å². The summed E-state index contributed by atoms with van der Waals surface area (Å²) in [4.78, 5) is 15.4. The number of hydrogen-bond acceptors (Lipinski definition) is 5. The number of ether oxygens (including phenoxy) is 2. The number of alkyl halides is 3. The first kappa shape index (κ1) is 25.4. The third-order valence-corrected chi connectivity index (χ3v) is 8.01. The van der Waals surface area contributed by atoms with Crippen LogP contribution in [0.4, 0.5) is 13.2 Å². The average molecular weight is 485 g/mol. The molecule has 1 aliphatic carbocycles. The summed E-state index contributed by atoms with van der Waals surface area (Å²) < 4.78 is 50.8. The Kier molecular flexibility index (Phi) is 7.29. The first-order valence-electron chi connectivity index (χ1n) is 12.1. The molecule has 3 aliphatic rings. The second kappa shape index (κ2) is 9.76. The summed E-state index contributed by atoms with van der Waals surface area (Å²) in [6.07, 6.45) is -2.48. The number of nitrogens with zero attached hydrogens (tertiary/aromatic N) is 1. The summed E-state index contributed by atoms with van der Waals surface area (Å²) in [6, 6.07) is 3.69. The molecule has 6 nitrogen and oxygen atoms in total. The van der Waals surface area contributed by atoms with Crippen LogP contribution in [0.1, 0.15) is 62.3 Å². The van der Waals surface area contributed by atoms with Gasteiger partial charge in [-0.2, -0.15) is 13.2 Å². The van der Waals surface area contributed by atoms with Crippen LogP contribution >= 0.6 is 0 Å². The van der Waals surface area contributed by atoms with Gasteiger partial charge in [-0.15, -0.1) is 0 Å². The molecule has 2 heterocycles. The maximum atomic E-state index is 13.9. The zero-order valence-electron chi connectivity index (χ0n) is 20.0. The van der Waals surface area contributed by atoms with Gasteiger partial charge in [-0.05, 0) is 54.9 Å². The molecule has 1 amide bonds. The topological polar surface area (TPSA) is 71.0 Å². The summed E-state index contributed by atoms with van der Waals surface area (Å²) in [5.41, 5.74) is -0.560.